The zero-order chi connectivity index (χ0) is 13.9. The highest BCUT2D eigenvalue weighted by molar-refractivity contribution is 5.86. The van der Waals surface area contributed by atoms with Gasteiger partial charge in [0, 0.05) is 32.7 Å². The number of carboxylic acid groups (broad SMARTS) is 1. The number of nitrogens with zero attached hydrogens (tertiary/aromatic N) is 1. The van der Waals surface area contributed by atoms with Gasteiger partial charge in [-0.25, -0.2) is 9.59 Å². The minimum atomic E-state index is -1.28. The Labute approximate surface area is 111 Å². The van der Waals surface area contributed by atoms with Crippen molar-refractivity contribution in [1.82, 2.24) is 10.2 Å². The predicted molar refractivity (Wildman–Crippen MR) is 65.9 cm³/mol. The van der Waals surface area contributed by atoms with E-state index in [2.05, 4.69) is 5.32 Å². The standard InChI is InChI=1S/C12H20N2O5/c1-9-7-14(4-2-5-19-9)11(17)13-12(10(15)16)3-6-18-8-12/h9H,2-8H2,1H3,(H,13,17)(H,15,16). The summed E-state index contributed by atoms with van der Waals surface area (Å²) in [5, 5.41) is 11.9. The lowest BCUT2D eigenvalue weighted by Gasteiger charge is -2.29. The summed E-state index contributed by atoms with van der Waals surface area (Å²) in [6.45, 7) is 3.95. The fraction of sp³-hybridized carbons (Fsp3) is 0.833. The molecule has 0 aliphatic carbocycles. The van der Waals surface area contributed by atoms with Crippen molar-refractivity contribution >= 4 is 12.0 Å². The molecule has 2 aliphatic rings. The summed E-state index contributed by atoms with van der Waals surface area (Å²) in [6, 6.07) is -0.356. The van der Waals surface area contributed by atoms with Gasteiger partial charge in [0.15, 0.2) is 5.54 Å². The van der Waals surface area contributed by atoms with Gasteiger partial charge in [-0.1, -0.05) is 0 Å². The molecular weight excluding hydrogens is 252 g/mol. The van der Waals surface area contributed by atoms with Crippen LogP contribution in [0.1, 0.15) is 19.8 Å². The Kier molecular flexibility index (Phi) is 4.26. The summed E-state index contributed by atoms with van der Waals surface area (Å²) in [4.78, 5) is 25.2. The van der Waals surface area contributed by atoms with Crippen LogP contribution in [0, 0.1) is 0 Å². The van der Waals surface area contributed by atoms with Crippen LogP contribution in [0.3, 0.4) is 0 Å². The van der Waals surface area contributed by atoms with E-state index in [0.29, 0.717) is 32.7 Å². The Hall–Kier alpha value is -1.34. The number of amides is 2. The van der Waals surface area contributed by atoms with Gasteiger partial charge >= 0.3 is 12.0 Å². The highest BCUT2D eigenvalue weighted by Crippen LogP contribution is 2.19. The average molecular weight is 272 g/mol. The first kappa shape index (κ1) is 14.1. The van der Waals surface area contributed by atoms with Gasteiger partial charge < -0.3 is 24.8 Å². The lowest BCUT2D eigenvalue weighted by Crippen LogP contribution is -2.59. The maximum atomic E-state index is 12.2. The monoisotopic (exact) mass is 272 g/mol. The lowest BCUT2D eigenvalue weighted by molar-refractivity contribution is -0.144. The molecule has 2 unspecified atom stereocenters. The number of carbonyl (C=O) groups is 2. The molecule has 0 aromatic heterocycles. The van der Waals surface area contributed by atoms with Crippen molar-refractivity contribution in [3.8, 4) is 0 Å². The molecule has 0 aromatic rings. The van der Waals surface area contributed by atoms with Gasteiger partial charge in [-0.05, 0) is 13.3 Å². The number of nitrogens with one attached hydrogen (secondary N) is 1. The average Bonchev–Trinajstić information content (AvgIpc) is 2.72. The molecule has 0 aromatic carbocycles. The van der Waals surface area contributed by atoms with Crippen molar-refractivity contribution in [2.45, 2.75) is 31.4 Å². The van der Waals surface area contributed by atoms with Crippen LogP contribution in [0.25, 0.3) is 0 Å². The van der Waals surface area contributed by atoms with Gasteiger partial charge in [0.2, 0.25) is 0 Å². The fourth-order valence-electron chi connectivity index (χ4n) is 2.35. The van der Waals surface area contributed by atoms with Crippen molar-refractivity contribution < 1.29 is 24.2 Å². The minimum absolute atomic E-state index is 0.0218. The van der Waals surface area contributed by atoms with Gasteiger partial charge in [0.25, 0.3) is 0 Å². The molecule has 2 atom stereocenters. The summed E-state index contributed by atoms with van der Waals surface area (Å²) in [7, 11) is 0. The number of urea groups is 1. The van der Waals surface area contributed by atoms with E-state index in [-0.39, 0.29) is 18.7 Å². The van der Waals surface area contributed by atoms with E-state index in [1.807, 2.05) is 6.92 Å². The topological polar surface area (TPSA) is 88.1 Å². The second-order valence-corrected chi connectivity index (χ2v) is 5.10. The van der Waals surface area contributed by atoms with Gasteiger partial charge in [-0.15, -0.1) is 0 Å². The van der Waals surface area contributed by atoms with Crippen LogP contribution >= 0.6 is 0 Å². The normalized spacial score (nSPS) is 31.8. The van der Waals surface area contributed by atoms with E-state index >= 15 is 0 Å². The largest absolute Gasteiger partial charge is 0.479 e. The molecule has 0 spiro atoms. The number of carbonyl (C=O) groups excluding carboxylic acids is 1. The maximum absolute atomic E-state index is 12.2. The third-order valence-corrected chi connectivity index (χ3v) is 3.52. The van der Waals surface area contributed by atoms with Gasteiger partial charge in [-0.2, -0.15) is 0 Å². The summed E-state index contributed by atoms with van der Waals surface area (Å²) >= 11 is 0. The van der Waals surface area contributed by atoms with Crippen LogP contribution in [0.2, 0.25) is 0 Å². The molecule has 2 amide bonds. The second kappa shape index (κ2) is 5.75. The summed E-state index contributed by atoms with van der Waals surface area (Å²) in [6.07, 6.45) is 1.02. The van der Waals surface area contributed by atoms with E-state index in [9.17, 15) is 14.7 Å². The van der Waals surface area contributed by atoms with Crippen LogP contribution in [-0.2, 0) is 14.3 Å². The van der Waals surface area contributed by atoms with E-state index in [1.54, 1.807) is 4.90 Å². The van der Waals surface area contributed by atoms with Crippen LogP contribution in [0.4, 0.5) is 4.79 Å². The summed E-state index contributed by atoms with van der Waals surface area (Å²) in [5.74, 6) is -1.04. The van der Waals surface area contributed by atoms with E-state index in [1.165, 1.54) is 0 Å². The molecule has 2 aliphatic heterocycles. The van der Waals surface area contributed by atoms with Crippen molar-refractivity contribution in [2.75, 3.05) is 32.9 Å². The molecule has 0 saturated carbocycles. The van der Waals surface area contributed by atoms with Gasteiger partial charge in [-0.3, -0.25) is 0 Å². The number of rotatable bonds is 2. The Morgan fingerprint density at radius 3 is 2.84 bits per heavy atom. The van der Waals surface area contributed by atoms with Crippen LogP contribution in [0.15, 0.2) is 0 Å². The van der Waals surface area contributed by atoms with Gasteiger partial charge in [0.1, 0.15) is 0 Å². The van der Waals surface area contributed by atoms with Crippen molar-refractivity contribution in [2.24, 2.45) is 0 Å². The minimum Gasteiger partial charge on any atom is -0.479 e. The number of aliphatic carboxylic acids is 1. The zero-order valence-electron chi connectivity index (χ0n) is 11.1. The van der Waals surface area contributed by atoms with Gasteiger partial charge in [0.05, 0.1) is 12.7 Å². The van der Waals surface area contributed by atoms with Crippen molar-refractivity contribution in [3.05, 3.63) is 0 Å². The molecule has 2 rings (SSSR count). The smallest absolute Gasteiger partial charge is 0.332 e. The Bertz CT molecular complexity index is 354. The van der Waals surface area contributed by atoms with Crippen molar-refractivity contribution in [1.29, 1.82) is 0 Å². The lowest BCUT2D eigenvalue weighted by atomic mass is 9.99. The van der Waals surface area contributed by atoms with Crippen molar-refractivity contribution in [3.63, 3.8) is 0 Å². The molecule has 2 fully saturated rings. The number of hydrogen-bond acceptors (Lipinski definition) is 4. The quantitative estimate of drug-likeness (QED) is 0.741. The summed E-state index contributed by atoms with van der Waals surface area (Å²) in [5.41, 5.74) is -1.28. The maximum Gasteiger partial charge on any atom is 0.332 e. The third-order valence-electron chi connectivity index (χ3n) is 3.52. The van der Waals surface area contributed by atoms with E-state index in [4.69, 9.17) is 9.47 Å². The SMILES string of the molecule is CC1CN(C(=O)NC2(C(=O)O)CCOC2)CCCO1. The molecule has 108 valence electrons. The van der Waals surface area contributed by atoms with Crippen LogP contribution in [0.5, 0.6) is 0 Å². The molecule has 7 heteroatoms. The molecule has 7 nitrogen and oxygen atoms in total. The molecule has 0 radical (unpaired) electrons. The first-order valence-corrected chi connectivity index (χ1v) is 6.53. The molecule has 19 heavy (non-hydrogen) atoms. The highest BCUT2D eigenvalue weighted by atomic mass is 16.5. The Morgan fingerprint density at radius 2 is 2.21 bits per heavy atom. The Morgan fingerprint density at radius 1 is 1.42 bits per heavy atom. The molecule has 2 saturated heterocycles. The van der Waals surface area contributed by atoms with Crippen LogP contribution < -0.4 is 5.32 Å². The number of hydrogen-bond donors (Lipinski definition) is 2. The second-order valence-electron chi connectivity index (χ2n) is 5.10. The van der Waals surface area contributed by atoms with Crippen LogP contribution in [-0.4, -0.2) is 66.6 Å². The highest BCUT2D eigenvalue weighted by Gasteiger charge is 2.44. The van der Waals surface area contributed by atoms with E-state index < -0.39 is 11.5 Å². The molecule has 0 bridgehead atoms. The first-order chi connectivity index (χ1) is 9.03. The third kappa shape index (κ3) is 3.16. The summed E-state index contributed by atoms with van der Waals surface area (Å²) < 4.78 is 10.6. The molecule has 2 N–H and O–H groups in total. The number of carboxylic acids is 1. The van der Waals surface area contributed by atoms with E-state index in [0.717, 1.165) is 6.42 Å². The number of ether oxygens (including phenoxy) is 2. The first-order valence-electron chi connectivity index (χ1n) is 6.53. The predicted octanol–water partition coefficient (Wildman–Crippen LogP) is 0.0505. The zero-order valence-corrected chi connectivity index (χ0v) is 11.1. The molecule has 2 heterocycles. The molecular formula is C12H20N2O5. The fourth-order valence-corrected chi connectivity index (χ4v) is 2.35. The Balaban J connectivity index is 2.00.